The van der Waals surface area contributed by atoms with Crippen molar-refractivity contribution in [3.63, 3.8) is 0 Å². The summed E-state index contributed by atoms with van der Waals surface area (Å²) >= 11 is 7.83. The van der Waals surface area contributed by atoms with Crippen molar-refractivity contribution < 1.29 is 4.42 Å². The van der Waals surface area contributed by atoms with Crippen LogP contribution in [0.2, 0.25) is 5.02 Å². The number of aromatic nitrogens is 3. The van der Waals surface area contributed by atoms with E-state index in [4.69, 9.17) is 16.0 Å². The van der Waals surface area contributed by atoms with Crippen molar-refractivity contribution in [1.29, 1.82) is 0 Å². The molecule has 0 aliphatic rings. The van der Waals surface area contributed by atoms with Crippen LogP contribution in [-0.4, -0.2) is 14.8 Å². The van der Waals surface area contributed by atoms with Gasteiger partial charge in [-0.1, -0.05) is 59.3 Å². The zero-order chi connectivity index (χ0) is 17.9. The van der Waals surface area contributed by atoms with Gasteiger partial charge in [0.05, 0.1) is 12.0 Å². The number of halogens is 1. The van der Waals surface area contributed by atoms with Crippen LogP contribution >= 0.6 is 23.4 Å². The van der Waals surface area contributed by atoms with Gasteiger partial charge in [0.15, 0.2) is 10.9 Å². The Hall–Kier alpha value is -2.50. The van der Waals surface area contributed by atoms with Gasteiger partial charge in [-0.05, 0) is 42.8 Å². The van der Waals surface area contributed by atoms with Gasteiger partial charge in [0, 0.05) is 10.8 Å². The van der Waals surface area contributed by atoms with Crippen molar-refractivity contribution in [3.8, 4) is 17.3 Å². The van der Waals surface area contributed by atoms with Gasteiger partial charge in [0.2, 0.25) is 5.82 Å². The van der Waals surface area contributed by atoms with Gasteiger partial charge in [-0.15, -0.1) is 10.2 Å². The third-order valence-electron chi connectivity index (χ3n) is 3.89. The molecule has 2 aromatic carbocycles. The predicted octanol–water partition coefficient (Wildman–Crippen LogP) is 5.78. The predicted molar refractivity (Wildman–Crippen MR) is 105 cm³/mol. The monoisotopic (exact) mass is 381 g/mol. The maximum atomic E-state index is 6.20. The van der Waals surface area contributed by atoms with Gasteiger partial charge >= 0.3 is 0 Å². The lowest BCUT2D eigenvalue weighted by atomic mass is 10.2. The van der Waals surface area contributed by atoms with Crippen molar-refractivity contribution in [2.24, 2.45) is 0 Å². The SMILES string of the molecule is Cc1cccc(CSc2nnc(-c3ccco3)n2-c2cccc(Cl)c2)c1. The maximum Gasteiger partial charge on any atom is 0.205 e. The lowest BCUT2D eigenvalue weighted by molar-refractivity contribution is 0.575. The summed E-state index contributed by atoms with van der Waals surface area (Å²) in [5, 5.41) is 10.2. The van der Waals surface area contributed by atoms with Gasteiger partial charge in [0.25, 0.3) is 0 Å². The fourth-order valence-electron chi connectivity index (χ4n) is 2.73. The molecule has 0 bridgehead atoms. The van der Waals surface area contributed by atoms with E-state index in [1.165, 1.54) is 11.1 Å². The quantitative estimate of drug-likeness (QED) is 0.411. The molecule has 26 heavy (non-hydrogen) atoms. The molecule has 6 heteroatoms. The summed E-state index contributed by atoms with van der Waals surface area (Å²) in [5.74, 6) is 2.13. The van der Waals surface area contributed by atoms with Gasteiger partial charge in [-0.2, -0.15) is 0 Å². The zero-order valence-electron chi connectivity index (χ0n) is 14.1. The van der Waals surface area contributed by atoms with E-state index in [-0.39, 0.29) is 0 Å². The van der Waals surface area contributed by atoms with Crippen molar-refractivity contribution in [2.75, 3.05) is 0 Å². The standard InChI is InChI=1S/C20H16ClN3OS/c1-14-5-2-6-15(11-14)13-26-20-23-22-19(18-9-4-10-25-18)24(20)17-8-3-7-16(21)12-17/h2-12H,13H2,1H3. The molecule has 0 spiro atoms. The first kappa shape index (κ1) is 16.9. The van der Waals surface area contributed by atoms with E-state index in [0.29, 0.717) is 16.6 Å². The summed E-state index contributed by atoms with van der Waals surface area (Å²) in [6.45, 7) is 2.09. The minimum atomic E-state index is 0.656. The summed E-state index contributed by atoms with van der Waals surface area (Å²) < 4.78 is 7.52. The van der Waals surface area contributed by atoms with Crippen molar-refractivity contribution in [3.05, 3.63) is 83.1 Å². The fraction of sp³-hybridized carbons (Fsp3) is 0.100. The summed E-state index contributed by atoms with van der Waals surface area (Å²) in [4.78, 5) is 0. The Balaban J connectivity index is 1.72. The average Bonchev–Trinajstić information content (AvgIpc) is 3.29. The zero-order valence-corrected chi connectivity index (χ0v) is 15.7. The molecule has 0 amide bonds. The maximum absolute atomic E-state index is 6.20. The van der Waals surface area contributed by atoms with E-state index < -0.39 is 0 Å². The van der Waals surface area contributed by atoms with Crippen molar-refractivity contribution in [1.82, 2.24) is 14.8 Å². The highest BCUT2D eigenvalue weighted by Gasteiger charge is 2.18. The third kappa shape index (κ3) is 3.54. The van der Waals surface area contributed by atoms with E-state index in [1.54, 1.807) is 18.0 Å². The number of nitrogens with zero attached hydrogens (tertiary/aromatic N) is 3. The second-order valence-electron chi connectivity index (χ2n) is 5.88. The molecule has 0 saturated heterocycles. The first-order valence-electron chi connectivity index (χ1n) is 8.14. The second-order valence-corrected chi connectivity index (χ2v) is 7.26. The first-order valence-corrected chi connectivity index (χ1v) is 9.50. The normalized spacial score (nSPS) is 11.0. The molecule has 4 aromatic rings. The Kier molecular flexibility index (Phi) is 4.82. The molecule has 0 N–H and O–H groups in total. The van der Waals surface area contributed by atoms with E-state index >= 15 is 0 Å². The molecule has 130 valence electrons. The van der Waals surface area contributed by atoms with E-state index in [1.807, 2.05) is 41.0 Å². The number of hydrogen-bond donors (Lipinski definition) is 0. The Morgan fingerprint density at radius 2 is 1.92 bits per heavy atom. The van der Waals surface area contributed by atoms with Gasteiger partial charge in [0.1, 0.15) is 0 Å². The Morgan fingerprint density at radius 3 is 2.69 bits per heavy atom. The highest BCUT2D eigenvalue weighted by molar-refractivity contribution is 7.98. The molecule has 0 fully saturated rings. The highest BCUT2D eigenvalue weighted by atomic mass is 35.5. The van der Waals surface area contributed by atoms with Crippen molar-refractivity contribution >= 4 is 23.4 Å². The number of aryl methyl sites for hydroxylation is 1. The summed E-state index contributed by atoms with van der Waals surface area (Å²) in [6, 6.07) is 19.8. The molecule has 2 aromatic heterocycles. The van der Waals surface area contributed by atoms with Gasteiger partial charge in [-0.3, -0.25) is 4.57 Å². The van der Waals surface area contributed by atoms with Crippen molar-refractivity contribution in [2.45, 2.75) is 17.8 Å². The molecule has 4 nitrogen and oxygen atoms in total. The Labute approximate surface area is 160 Å². The van der Waals surface area contributed by atoms with Crippen LogP contribution in [0.3, 0.4) is 0 Å². The number of furan rings is 1. The number of hydrogen-bond acceptors (Lipinski definition) is 4. The largest absolute Gasteiger partial charge is 0.461 e. The number of benzene rings is 2. The minimum absolute atomic E-state index is 0.656. The van der Waals surface area contributed by atoms with Crippen LogP contribution in [0.25, 0.3) is 17.3 Å². The van der Waals surface area contributed by atoms with Gasteiger partial charge < -0.3 is 4.42 Å². The summed E-state index contributed by atoms with van der Waals surface area (Å²) in [6.07, 6.45) is 1.63. The average molecular weight is 382 g/mol. The van der Waals surface area contributed by atoms with Crippen LogP contribution in [0.4, 0.5) is 0 Å². The van der Waals surface area contributed by atoms with Crippen LogP contribution < -0.4 is 0 Å². The molecule has 0 aliphatic heterocycles. The smallest absolute Gasteiger partial charge is 0.205 e. The molecular formula is C20H16ClN3OS. The molecule has 4 rings (SSSR count). The van der Waals surface area contributed by atoms with Crippen LogP contribution in [0.1, 0.15) is 11.1 Å². The van der Waals surface area contributed by atoms with E-state index in [2.05, 4.69) is 41.4 Å². The van der Waals surface area contributed by atoms with Gasteiger partial charge in [-0.25, -0.2) is 0 Å². The summed E-state index contributed by atoms with van der Waals surface area (Å²) in [7, 11) is 0. The van der Waals surface area contributed by atoms with E-state index in [0.717, 1.165) is 16.6 Å². The Bertz CT molecular complexity index is 1030. The lowest BCUT2D eigenvalue weighted by Gasteiger charge is -2.10. The lowest BCUT2D eigenvalue weighted by Crippen LogP contribution is -1.99. The van der Waals surface area contributed by atoms with Crippen LogP contribution in [0.15, 0.2) is 76.5 Å². The molecule has 0 radical (unpaired) electrons. The molecule has 0 atom stereocenters. The molecule has 0 unspecified atom stereocenters. The molecule has 0 saturated carbocycles. The third-order valence-corrected chi connectivity index (χ3v) is 5.13. The highest BCUT2D eigenvalue weighted by Crippen LogP contribution is 2.30. The topological polar surface area (TPSA) is 43.9 Å². The fourth-order valence-corrected chi connectivity index (χ4v) is 3.81. The van der Waals surface area contributed by atoms with Crippen LogP contribution in [0, 0.1) is 6.92 Å². The van der Waals surface area contributed by atoms with E-state index in [9.17, 15) is 0 Å². The van der Waals surface area contributed by atoms with Crippen LogP contribution in [0.5, 0.6) is 0 Å². The minimum Gasteiger partial charge on any atom is -0.461 e. The second kappa shape index (κ2) is 7.40. The summed E-state index contributed by atoms with van der Waals surface area (Å²) in [5.41, 5.74) is 3.39. The first-order chi connectivity index (χ1) is 12.7. The number of rotatable bonds is 5. The molecular weight excluding hydrogens is 366 g/mol. The molecule has 2 heterocycles. The Morgan fingerprint density at radius 1 is 1.04 bits per heavy atom. The van der Waals surface area contributed by atoms with Crippen LogP contribution in [-0.2, 0) is 5.75 Å². The number of thioether (sulfide) groups is 1. The molecule has 0 aliphatic carbocycles.